The Hall–Kier alpha value is -1.11. The number of carbonyl (C=O) groups excluding carboxylic acids is 1. The highest BCUT2D eigenvalue weighted by atomic mass is 16.1. The van der Waals surface area contributed by atoms with Crippen LogP contribution in [0, 0.1) is 17.8 Å². The maximum Gasteiger partial charge on any atom is 0.135 e. The van der Waals surface area contributed by atoms with E-state index >= 15 is 0 Å². The number of hydrogen-bond donors (Lipinski definition) is 0. The first-order chi connectivity index (χ1) is 10.3. The molecule has 0 heterocycles. The van der Waals surface area contributed by atoms with Crippen LogP contribution in [0.3, 0.4) is 0 Å². The fourth-order valence-corrected chi connectivity index (χ4v) is 4.48. The molecule has 1 aromatic carbocycles. The molecule has 0 radical (unpaired) electrons. The lowest BCUT2D eigenvalue weighted by molar-refractivity contribution is -0.125. The molecule has 0 amide bonds. The number of carbonyl (C=O) groups is 1. The van der Waals surface area contributed by atoms with Gasteiger partial charge in [0.25, 0.3) is 0 Å². The molecule has 0 spiro atoms. The molecule has 0 saturated heterocycles. The second kappa shape index (κ2) is 7.24. The van der Waals surface area contributed by atoms with Crippen LogP contribution in [0.15, 0.2) is 30.3 Å². The van der Waals surface area contributed by atoms with E-state index in [1.807, 2.05) is 0 Å². The molecule has 2 aliphatic carbocycles. The summed E-state index contributed by atoms with van der Waals surface area (Å²) in [5.41, 5.74) is 1.36. The van der Waals surface area contributed by atoms with Gasteiger partial charge >= 0.3 is 0 Å². The number of hydrogen-bond acceptors (Lipinski definition) is 1. The van der Waals surface area contributed by atoms with E-state index in [0.717, 1.165) is 31.1 Å². The smallest absolute Gasteiger partial charge is 0.135 e. The van der Waals surface area contributed by atoms with E-state index in [1.165, 1.54) is 50.5 Å². The number of rotatable bonds is 5. The van der Waals surface area contributed by atoms with Crippen molar-refractivity contribution < 1.29 is 4.79 Å². The van der Waals surface area contributed by atoms with Gasteiger partial charge in [-0.3, -0.25) is 4.79 Å². The maximum atomic E-state index is 12.5. The minimum Gasteiger partial charge on any atom is -0.299 e. The van der Waals surface area contributed by atoms with Gasteiger partial charge in [0.15, 0.2) is 0 Å². The van der Waals surface area contributed by atoms with Gasteiger partial charge in [0, 0.05) is 12.3 Å². The summed E-state index contributed by atoms with van der Waals surface area (Å²) in [6, 6.07) is 10.6. The standard InChI is InChI=1S/C20H28O/c21-20(12-6-9-16-7-2-1-3-8-16)19-14-13-17-10-4-5-11-18(17)15-19/h1-3,7-8,17-19H,4-6,9-15H2. The quantitative estimate of drug-likeness (QED) is 0.727. The van der Waals surface area contributed by atoms with Crippen molar-refractivity contribution in [1.82, 2.24) is 0 Å². The Morgan fingerprint density at radius 1 is 0.952 bits per heavy atom. The van der Waals surface area contributed by atoms with Gasteiger partial charge in [-0.2, -0.15) is 0 Å². The molecule has 1 heteroatoms. The number of Topliss-reactive ketones (excluding diaryl/α,β-unsaturated/α-hetero) is 1. The van der Waals surface area contributed by atoms with E-state index in [9.17, 15) is 4.79 Å². The van der Waals surface area contributed by atoms with Crippen molar-refractivity contribution >= 4 is 5.78 Å². The molecular weight excluding hydrogens is 256 g/mol. The van der Waals surface area contributed by atoms with Crippen LogP contribution >= 0.6 is 0 Å². The number of benzene rings is 1. The first kappa shape index (κ1) is 14.8. The summed E-state index contributed by atoms with van der Waals surface area (Å²) in [5, 5.41) is 0. The average Bonchev–Trinajstić information content (AvgIpc) is 2.55. The monoisotopic (exact) mass is 284 g/mol. The highest BCUT2D eigenvalue weighted by molar-refractivity contribution is 5.81. The average molecular weight is 284 g/mol. The summed E-state index contributed by atoms with van der Waals surface area (Å²) < 4.78 is 0. The van der Waals surface area contributed by atoms with Crippen molar-refractivity contribution in [2.45, 2.75) is 64.2 Å². The SMILES string of the molecule is O=C(CCCc1ccccc1)C1CCC2CCCCC2C1. The van der Waals surface area contributed by atoms with Crippen molar-refractivity contribution in [2.75, 3.05) is 0 Å². The van der Waals surface area contributed by atoms with Gasteiger partial charge < -0.3 is 0 Å². The molecule has 3 unspecified atom stereocenters. The molecular formula is C20H28O. The van der Waals surface area contributed by atoms with Crippen molar-refractivity contribution in [3.05, 3.63) is 35.9 Å². The van der Waals surface area contributed by atoms with Crippen LogP contribution in [0.4, 0.5) is 0 Å². The Kier molecular flexibility index (Phi) is 5.11. The zero-order valence-electron chi connectivity index (χ0n) is 13.1. The zero-order valence-corrected chi connectivity index (χ0v) is 13.1. The molecule has 0 aliphatic heterocycles. The van der Waals surface area contributed by atoms with E-state index in [4.69, 9.17) is 0 Å². The summed E-state index contributed by atoms with van der Waals surface area (Å²) in [7, 11) is 0. The molecule has 3 atom stereocenters. The first-order valence-electron chi connectivity index (χ1n) is 8.89. The van der Waals surface area contributed by atoms with Crippen molar-refractivity contribution in [2.24, 2.45) is 17.8 Å². The summed E-state index contributed by atoms with van der Waals surface area (Å²) in [6.45, 7) is 0. The van der Waals surface area contributed by atoms with Gasteiger partial charge in [-0.15, -0.1) is 0 Å². The minimum atomic E-state index is 0.389. The molecule has 1 nitrogen and oxygen atoms in total. The van der Waals surface area contributed by atoms with Gasteiger partial charge in [0.2, 0.25) is 0 Å². The van der Waals surface area contributed by atoms with Gasteiger partial charge in [-0.05, 0) is 49.5 Å². The molecule has 1 aromatic rings. The lowest BCUT2D eigenvalue weighted by Gasteiger charge is -2.38. The number of fused-ring (bicyclic) bond motifs is 1. The Morgan fingerprint density at radius 3 is 2.52 bits per heavy atom. The summed E-state index contributed by atoms with van der Waals surface area (Å²) in [6.07, 6.45) is 12.2. The van der Waals surface area contributed by atoms with Crippen molar-refractivity contribution in [3.8, 4) is 0 Å². The summed E-state index contributed by atoms with van der Waals surface area (Å²) in [5.74, 6) is 2.76. The highest BCUT2D eigenvalue weighted by Crippen LogP contribution is 2.43. The van der Waals surface area contributed by atoms with Crippen molar-refractivity contribution in [1.29, 1.82) is 0 Å². The van der Waals surface area contributed by atoms with E-state index in [0.29, 0.717) is 11.7 Å². The van der Waals surface area contributed by atoms with E-state index in [-0.39, 0.29) is 0 Å². The third-order valence-electron chi connectivity index (χ3n) is 5.73. The third kappa shape index (κ3) is 3.96. The molecule has 3 rings (SSSR count). The van der Waals surface area contributed by atoms with Crippen molar-refractivity contribution in [3.63, 3.8) is 0 Å². The number of ketones is 1. The molecule has 114 valence electrons. The summed E-state index contributed by atoms with van der Waals surface area (Å²) >= 11 is 0. The Morgan fingerprint density at radius 2 is 1.71 bits per heavy atom. The van der Waals surface area contributed by atoms with E-state index in [2.05, 4.69) is 30.3 Å². The fraction of sp³-hybridized carbons (Fsp3) is 0.650. The van der Waals surface area contributed by atoms with Crippen LogP contribution in [0.25, 0.3) is 0 Å². The van der Waals surface area contributed by atoms with Gasteiger partial charge in [-0.25, -0.2) is 0 Å². The largest absolute Gasteiger partial charge is 0.299 e. The molecule has 0 N–H and O–H groups in total. The lowest BCUT2D eigenvalue weighted by atomic mass is 9.66. The second-order valence-corrected chi connectivity index (χ2v) is 7.12. The predicted molar refractivity (Wildman–Crippen MR) is 87.2 cm³/mol. The Balaban J connectivity index is 1.43. The summed E-state index contributed by atoms with van der Waals surface area (Å²) in [4.78, 5) is 12.5. The topological polar surface area (TPSA) is 17.1 Å². The molecule has 0 bridgehead atoms. The van der Waals surface area contributed by atoms with Gasteiger partial charge in [0.1, 0.15) is 5.78 Å². The second-order valence-electron chi connectivity index (χ2n) is 7.12. The molecule has 21 heavy (non-hydrogen) atoms. The van der Waals surface area contributed by atoms with Crippen LogP contribution in [0.5, 0.6) is 0 Å². The third-order valence-corrected chi connectivity index (χ3v) is 5.73. The molecule has 2 fully saturated rings. The van der Waals surface area contributed by atoms with Gasteiger partial charge in [-0.1, -0.05) is 56.0 Å². The van der Waals surface area contributed by atoms with Crippen LogP contribution < -0.4 is 0 Å². The van der Waals surface area contributed by atoms with Gasteiger partial charge in [0.05, 0.1) is 0 Å². The number of aryl methyl sites for hydroxylation is 1. The zero-order chi connectivity index (χ0) is 14.5. The predicted octanol–water partition coefficient (Wildman–Crippen LogP) is 5.18. The molecule has 2 saturated carbocycles. The Bertz CT molecular complexity index is 450. The first-order valence-corrected chi connectivity index (χ1v) is 8.89. The van der Waals surface area contributed by atoms with Crippen LogP contribution in [0.2, 0.25) is 0 Å². The van der Waals surface area contributed by atoms with Crippen LogP contribution in [-0.2, 0) is 11.2 Å². The Labute approximate surface area is 129 Å². The van der Waals surface area contributed by atoms with E-state index in [1.54, 1.807) is 0 Å². The molecule has 0 aromatic heterocycles. The highest BCUT2D eigenvalue weighted by Gasteiger charge is 2.34. The fourth-order valence-electron chi connectivity index (χ4n) is 4.48. The maximum absolute atomic E-state index is 12.5. The van der Waals surface area contributed by atoms with Crippen LogP contribution in [-0.4, -0.2) is 5.78 Å². The molecule has 2 aliphatic rings. The normalized spacial score (nSPS) is 28.9. The van der Waals surface area contributed by atoms with Crippen LogP contribution in [0.1, 0.15) is 63.4 Å². The lowest BCUT2D eigenvalue weighted by Crippen LogP contribution is -2.31. The minimum absolute atomic E-state index is 0.389. The van der Waals surface area contributed by atoms with E-state index < -0.39 is 0 Å².